The van der Waals surface area contributed by atoms with Gasteiger partial charge in [-0.15, -0.1) is 0 Å². The van der Waals surface area contributed by atoms with Crippen molar-refractivity contribution in [1.82, 2.24) is 5.32 Å². The lowest BCUT2D eigenvalue weighted by Crippen LogP contribution is -2.33. The van der Waals surface area contributed by atoms with Crippen LogP contribution >= 0.6 is 0 Å². The van der Waals surface area contributed by atoms with E-state index in [9.17, 15) is 9.90 Å². The minimum Gasteiger partial charge on any atom is -0.387 e. The molecule has 0 spiro atoms. The van der Waals surface area contributed by atoms with Crippen LogP contribution in [0.4, 0.5) is 0 Å². The molecule has 0 aromatic heterocycles. The molecule has 0 saturated heterocycles. The summed E-state index contributed by atoms with van der Waals surface area (Å²) in [5, 5.41) is 15.3. The number of amides is 1. The second-order valence-corrected chi connectivity index (χ2v) is 5.55. The molecule has 2 aromatic rings. The van der Waals surface area contributed by atoms with Crippen LogP contribution < -0.4 is 5.32 Å². The Kier molecular flexibility index (Phi) is 5.92. The Morgan fingerprint density at radius 1 is 1.23 bits per heavy atom. The quantitative estimate of drug-likeness (QED) is 0.826. The molecule has 22 heavy (non-hydrogen) atoms. The molecule has 0 heterocycles. The molecule has 0 aliphatic carbocycles. The van der Waals surface area contributed by atoms with Crippen LogP contribution in [0.15, 0.2) is 42.5 Å². The topological polar surface area (TPSA) is 58.6 Å². The van der Waals surface area contributed by atoms with E-state index in [1.807, 2.05) is 49.4 Å². The van der Waals surface area contributed by atoms with Gasteiger partial charge in [0.25, 0.3) is 0 Å². The van der Waals surface area contributed by atoms with Crippen molar-refractivity contribution < 1.29 is 14.6 Å². The molecule has 2 aromatic carbocycles. The molecule has 2 rings (SSSR count). The Bertz CT molecular complexity index is 627. The summed E-state index contributed by atoms with van der Waals surface area (Å²) in [4.78, 5) is 11.9. The van der Waals surface area contributed by atoms with Gasteiger partial charge < -0.3 is 15.2 Å². The highest BCUT2D eigenvalue weighted by molar-refractivity contribution is 5.83. The molecule has 0 fully saturated rings. The predicted octanol–water partition coefficient (Wildman–Crippen LogP) is 2.66. The molecule has 118 valence electrons. The Morgan fingerprint density at radius 2 is 1.95 bits per heavy atom. The average Bonchev–Trinajstić information content (AvgIpc) is 2.56. The van der Waals surface area contributed by atoms with Gasteiger partial charge in [0.05, 0.1) is 6.10 Å². The molecular weight excluding hydrogens is 278 g/mol. The molecule has 2 atom stereocenters. The summed E-state index contributed by atoms with van der Waals surface area (Å²) >= 11 is 0. The van der Waals surface area contributed by atoms with Crippen LogP contribution in [0, 0.1) is 5.92 Å². The lowest BCUT2D eigenvalue weighted by atomic mass is 10.0. The third-order valence-corrected chi connectivity index (χ3v) is 3.83. The van der Waals surface area contributed by atoms with Crippen molar-refractivity contribution in [3.63, 3.8) is 0 Å². The van der Waals surface area contributed by atoms with E-state index in [2.05, 4.69) is 5.32 Å². The van der Waals surface area contributed by atoms with E-state index < -0.39 is 6.10 Å². The van der Waals surface area contributed by atoms with Gasteiger partial charge >= 0.3 is 0 Å². The summed E-state index contributed by atoms with van der Waals surface area (Å²) in [7, 11) is 1.62. The van der Waals surface area contributed by atoms with Crippen molar-refractivity contribution in [2.45, 2.75) is 19.4 Å². The largest absolute Gasteiger partial charge is 0.387 e. The predicted molar refractivity (Wildman–Crippen MR) is 87.6 cm³/mol. The second-order valence-electron chi connectivity index (χ2n) is 5.55. The first-order valence-corrected chi connectivity index (χ1v) is 7.55. The van der Waals surface area contributed by atoms with Crippen LogP contribution in [0.1, 0.15) is 25.0 Å². The molecular formula is C18H23NO3. The van der Waals surface area contributed by atoms with Crippen LogP contribution in [-0.4, -0.2) is 31.3 Å². The van der Waals surface area contributed by atoms with Gasteiger partial charge in [0, 0.05) is 26.2 Å². The Morgan fingerprint density at radius 3 is 2.68 bits per heavy atom. The highest BCUT2D eigenvalue weighted by Crippen LogP contribution is 2.20. The van der Waals surface area contributed by atoms with E-state index >= 15 is 0 Å². The number of aliphatic hydroxyl groups is 1. The van der Waals surface area contributed by atoms with Crippen molar-refractivity contribution in [2.75, 3.05) is 20.3 Å². The second kappa shape index (κ2) is 7.92. The molecule has 1 amide bonds. The first-order valence-electron chi connectivity index (χ1n) is 7.55. The zero-order chi connectivity index (χ0) is 15.9. The van der Waals surface area contributed by atoms with Crippen LogP contribution in [0.2, 0.25) is 0 Å². The van der Waals surface area contributed by atoms with Gasteiger partial charge in [-0.05, 0) is 28.8 Å². The summed E-state index contributed by atoms with van der Waals surface area (Å²) in [6.45, 7) is 2.63. The lowest BCUT2D eigenvalue weighted by molar-refractivity contribution is -0.125. The Balaban J connectivity index is 1.93. The number of hydrogen-bond acceptors (Lipinski definition) is 3. The van der Waals surface area contributed by atoms with E-state index in [1.54, 1.807) is 7.11 Å². The van der Waals surface area contributed by atoms with Gasteiger partial charge in [0.1, 0.15) is 0 Å². The zero-order valence-corrected chi connectivity index (χ0v) is 13.1. The van der Waals surface area contributed by atoms with Gasteiger partial charge in [0.2, 0.25) is 5.91 Å². The summed E-state index contributed by atoms with van der Waals surface area (Å²) in [5.74, 6) is -0.180. The third-order valence-electron chi connectivity index (χ3n) is 3.83. The minimum absolute atomic E-state index is 0.0584. The fourth-order valence-corrected chi connectivity index (χ4v) is 2.33. The number of carbonyl (C=O) groups excluding carboxylic acids is 1. The van der Waals surface area contributed by atoms with Gasteiger partial charge in [-0.2, -0.15) is 0 Å². The first-order chi connectivity index (χ1) is 10.6. The first kappa shape index (κ1) is 16.5. The van der Waals surface area contributed by atoms with E-state index in [1.165, 1.54) is 0 Å². The average molecular weight is 301 g/mol. The van der Waals surface area contributed by atoms with E-state index in [0.717, 1.165) is 16.3 Å². The highest BCUT2D eigenvalue weighted by Gasteiger charge is 2.15. The van der Waals surface area contributed by atoms with Crippen LogP contribution in [0.25, 0.3) is 10.8 Å². The maximum Gasteiger partial charge on any atom is 0.223 e. The van der Waals surface area contributed by atoms with Crippen molar-refractivity contribution in [1.29, 1.82) is 0 Å². The van der Waals surface area contributed by atoms with Crippen LogP contribution in [0.5, 0.6) is 0 Å². The zero-order valence-electron chi connectivity index (χ0n) is 13.1. The smallest absolute Gasteiger partial charge is 0.223 e. The lowest BCUT2D eigenvalue weighted by Gasteiger charge is -2.16. The Labute approximate surface area is 131 Å². The molecule has 2 unspecified atom stereocenters. The SMILES string of the molecule is COCCC(C)C(=O)NCC(O)c1ccc2ccccc2c1. The molecule has 0 aliphatic rings. The van der Waals surface area contributed by atoms with Crippen molar-refractivity contribution >= 4 is 16.7 Å². The maximum absolute atomic E-state index is 11.9. The number of methoxy groups -OCH3 is 1. The molecule has 4 heteroatoms. The molecule has 0 saturated carbocycles. The van der Waals surface area contributed by atoms with Crippen molar-refractivity contribution in [2.24, 2.45) is 5.92 Å². The standard InChI is InChI=1S/C18H23NO3/c1-13(9-10-22-2)18(21)19-12-17(20)16-8-7-14-5-3-4-6-15(14)11-16/h3-8,11,13,17,20H,9-10,12H2,1-2H3,(H,19,21). The van der Waals surface area contributed by atoms with Crippen molar-refractivity contribution in [3.05, 3.63) is 48.0 Å². The van der Waals surface area contributed by atoms with Crippen LogP contribution in [0.3, 0.4) is 0 Å². The number of rotatable bonds is 7. The number of aliphatic hydroxyl groups excluding tert-OH is 1. The van der Waals surface area contributed by atoms with Crippen LogP contribution in [-0.2, 0) is 9.53 Å². The monoisotopic (exact) mass is 301 g/mol. The summed E-state index contributed by atoms with van der Waals surface area (Å²) < 4.78 is 4.97. The van der Waals surface area contributed by atoms with E-state index in [0.29, 0.717) is 13.0 Å². The number of ether oxygens (including phenoxy) is 1. The Hall–Kier alpha value is -1.91. The summed E-state index contributed by atoms with van der Waals surface area (Å²) in [5.41, 5.74) is 0.809. The fourth-order valence-electron chi connectivity index (χ4n) is 2.33. The number of hydrogen-bond donors (Lipinski definition) is 2. The van der Waals surface area contributed by atoms with Crippen molar-refractivity contribution in [3.8, 4) is 0 Å². The molecule has 4 nitrogen and oxygen atoms in total. The maximum atomic E-state index is 11.9. The third kappa shape index (κ3) is 4.29. The van der Waals surface area contributed by atoms with Gasteiger partial charge in [-0.25, -0.2) is 0 Å². The number of fused-ring (bicyclic) bond motifs is 1. The minimum atomic E-state index is -0.705. The molecule has 0 aliphatic heterocycles. The molecule has 2 N–H and O–H groups in total. The van der Waals surface area contributed by atoms with Gasteiger partial charge in [0.15, 0.2) is 0 Å². The normalized spacial score (nSPS) is 13.8. The highest BCUT2D eigenvalue weighted by atomic mass is 16.5. The number of carbonyl (C=O) groups is 1. The number of nitrogens with one attached hydrogen (secondary N) is 1. The molecule has 0 radical (unpaired) electrons. The van der Waals surface area contributed by atoms with E-state index in [4.69, 9.17) is 4.74 Å². The number of benzene rings is 2. The van der Waals surface area contributed by atoms with Gasteiger partial charge in [-0.1, -0.05) is 43.3 Å². The summed E-state index contributed by atoms with van der Waals surface area (Å²) in [6.07, 6.45) is -0.0304. The van der Waals surface area contributed by atoms with E-state index in [-0.39, 0.29) is 18.4 Å². The fraction of sp³-hybridized carbons (Fsp3) is 0.389. The summed E-state index contributed by atoms with van der Waals surface area (Å²) in [6, 6.07) is 13.8. The van der Waals surface area contributed by atoms with Gasteiger partial charge in [-0.3, -0.25) is 4.79 Å². The molecule has 0 bridgehead atoms.